The number of hydrogen-bond acceptors (Lipinski definition) is 4. The van der Waals surface area contributed by atoms with Gasteiger partial charge in [0.25, 0.3) is 0 Å². The van der Waals surface area contributed by atoms with Crippen LogP contribution in [0.5, 0.6) is 0 Å². The van der Waals surface area contributed by atoms with Gasteiger partial charge in [-0.2, -0.15) is 0 Å². The van der Waals surface area contributed by atoms with E-state index < -0.39 is 12.0 Å². The number of Topliss-reactive ketones (excluding diaryl/α,β-unsaturated/α-hetero) is 1. The lowest BCUT2D eigenvalue weighted by Gasteiger charge is -2.12. The van der Waals surface area contributed by atoms with Crippen molar-refractivity contribution in [2.75, 3.05) is 7.11 Å². The fourth-order valence-electron chi connectivity index (χ4n) is 2.48. The largest absolute Gasteiger partial charge is 0.467 e. The molecule has 0 bridgehead atoms. The number of rotatable bonds is 6. The lowest BCUT2D eigenvalue weighted by atomic mass is 10.1. The van der Waals surface area contributed by atoms with Crippen molar-refractivity contribution < 1.29 is 19.1 Å². The van der Waals surface area contributed by atoms with Crippen molar-refractivity contribution in [1.29, 1.82) is 0 Å². The highest BCUT2D eigenvalue weighted by molar-refractivity contribution is 6.07. The molecule has 1 N–H and O–H groups in total. The SMILES string of the molecule is COC(=O)[C@H](C)NC(=O)CCn1cc(C(C)=O)c2ccccc21. The summed E-state index contributed by atoms with van der Waals surface area (Å²) in [5, 5.41) is 3.46. The van der Waals surface area contributed by atoms with Gasteiger partial charge in [0.15, 0.2) is 5.78 Å². The molecule has 23 heavy (non-hydrogen) atoms. The smallest absolute Gasteiger partial charge is 0.328 e. The van der Waals surface area contributed by atoms with Crippen LogP contribution in [0.4, 0.5) is 0 Å². The number of nitrogens with zero attached hydrogens (tertiary/aromatic N) is 1. The second-order valence-corrected chi connectivity index (χ2v) is 5.37. The second kappa shape index (κ2) is 7.09. The first-order valence-electron chi connectivity index (χ1n) is 7.40. The molecule has 2 aromatic rings. The fraction of sp³-hybridized carbons (Fsp3) is 0.353. The molecule has 1 amide bonds. The topological polar surface area (TPSA) is 77.4 Å². The number of carbonyl (C=O) groups is 3. The molecular formula is C17H20N2O4. The van der Waals surface area contributed by atoms with Gasteiger partial charge in [-0.15, -0.1) is 0 Å². The van der Waals surface area contributed by atoms with Gasteiger partial charge in [0, 0.05) is 35.6 Å². The van der Waals surface area contributed by atoms with E-state index in [0.717, 1.165) is 10.9 Å². The molecule has 0 aliphatic carbocycles. The first-order valence-corrected chi connectivity index (χ1v) is 7.40. The molecule has 0 saturated carbocycles. The van der Waals surface area contributed by atoms with Crippen molar-refractivity contribution in [3.63, 3.8) is 0 Å². The number of nitrogens with one attached hydrogen (secondary N) is 1. The van der Waals surface area contributed by atoms with Gasteiger partial charge < -0.3 is 14.6 Å². The zero-order valence-corrected chi connectivity index (χ0v) is 13.5. The maximum Gasteiger partial charge on any atom is 0.328 e. The average molecular weight is 316 g/mol. The van der Waals surface area contributed by atoms with Crippen LogP contribution < -0.4 is 5.32 Å². The van der Waals surface area contributed by atoms with E-state index >= 15 is 0 Å². The Labute approximate surface area is 134 Å². The third kappa shape index (κ3) is 3.77. The number of esters is 1. The van der Waals surface area contributed by atoms with Crippen LogP contribution >= 0.6 is 0 Å². The van der Waals surface area contributed by atoms with Gasteiger partial charge in [-0.05, 0) is 19.9 Å². The van der Waals surface area contributed by atoms with Crippen molar-refractivity contribution >= 4 is 28.6 Å². The normalized spacial score (nSPS) is 12.0. The number of carbonyl (C=O) groups excluding carboxylic acids is 3. The van der Waals surface area contributed by atoms with Gasteiger partial charge in [0.2, 0.25) is 5.91 Å². The molecular weight excluding hydrogens is 296 g/mol. The summed E-state index contributed by atoms with van der Waals surface area (Å²) in [6, 6.07) is 6.90. The molecule has 0 fully saturated rings. The second-order valence-electron chi connectivity index (χ2n) is 5.37. The highest BCUT2D eigenvalue weighted by Gasteiger charge is 2.16. The van der Waals surface area contributed by atoms with E-state index in [9.17, 15) is 14.4 Å². The molecule has 0 saturated heterocycles. The summed E-state index contributed by atoms with van der Waals surface area (Å²) in [5.41, 5.74) is 1.55. The number of para-hydroxylation sites is 1. The summed E-state index contributed by atoms with van der Waals surface area (Å²) in [6.45, 7) is 3.52. The maximum absolute atomic E-state index is 11.9. The number of ketones is 1. The van der Waals surface area contributed by atoms with Crippen LogP contribution in [0.25, 0.3) is 10.9 Å². The van der Waals surface area contributed by atoms with E-state index in [1.807, 2.05) is 28.8 Å². The van der Waals surface area contributed by atoms with Crippen molar-refractivity contribution in [3.8, 4) is 0 Å². The summed E-state index contributed by atoms with van der Waals surface area (Å²) in [4.78, 5) is 34.9. The van der Waals surface area contributed by atoms with Crippen LogP contribution in [-0.4, -0.2) is 35.4 Å². The van der Waals surface area contributed by atoms with Gasteiger partial charge in [0.05, 0.1) is 7.11 Å². The van der Waals surface area contributed by atoms with Crippen LogP contribution in [0.1, 0.15) is 30.6 Å². The number of aryl methyl sites for hydroxylation is 1. The van der Waals surface area contributed by atoms with Gasteiger partial charge >= 0.3 is 5.97 Å². The van der Waals surface area contributed by atoms with E-state index in [1.54, 1.807) is 13.1 Å². The van der Waals surface area contributed by atoms with Crippen LogP contribution in [0, 0.1) is 0 Å². The molecule has 0 aliphatic rings. The van der Waals surface area contributed by atoms with Crippen LogP contribution in [0.2, 0.25) is 0 Å². The van der Waals surface area contributed by atoms with Crippen LogP contribution in [0.15, 0.2) is 30.5 Å². The van der Waals surface area contributed by atoms with E-state index in [2.05, 4.69) is 10.1 Å². The Morgan fingerprint density at radius 1 is 1.26 bits per heavy atom. The molecule has 0 spiro atoms. The molecule has 0 unspecified atom stereocenters. The minimum Gasteiger partial charge on any atom is -0.467 e. The van der Waals surface area contributed by atoms with E-state index in [4.69, 9.17) is 0 Å². The molecule has 1 heterocycles. The Hall–Kier alpha value is -2.63. The lowest BCUT2D eigenvalue weighted by Crippen LogP contribution is -2.39. The summed E-state index contributed by atoms with van der Waals surface area (Å²) in [6.07, 6.45) is 1.97. The van der Waals surface area contributed by atoms with Crippen molar-refractivity contribution in [2.24, 2.45) is 0 Å². The standard InChI is InChI=1S/C17H20N2O4/c1-11(17(22)23-3)18-16(21)8-9-19-10-14(12(2)20)13-6-4-5-7-15(13)19/h4-7,10-11H,8-9H2,1-3H3,(H,18,21)/t11-/m0/s1. The van der Waals surface area contributed by atoms with Crippen molar-refractivity contribution in [1.82, 2.24) is 9.88 Å². The molecule has 0 radical (unpaired) electrons. The molecule has 2 rings (SSSR count). The number of hydrogen-bond donors (Lipinski definition) is 1. The minimum atomic E-state index is -0.679. The minimum absolute atomic E-state index is 0.0104. The van der Waals surface area contributed by atoms with Gasteiger partial charge in [-0.25, -0.2) is 4.79 Å². The predicted octanol–water partition coefficient (Wildman–Crippen LogP) is 1.91. The number of amides is 1. The molecule has 122 valence electrons. The molecule has 1 aromatic carbocycles. The molecule has 6 nitrogen and oxygen atoms in total. The Bertz CT molecular complexity index is 748. The van der Waals surface area contributed by atoms with Gasteiger partial charge in [-0.1, -0.05) is 18.2 Å². The highest BCUT2D eigenvalue weighted by Crippen LogP contribution is 2.22. The van der Waals surface area contributed by atoms with Gasteiger partial charge in [-0.3, -0.25) is 9.59 Å². The first-order chi connectivity index (χ1) is 10.9. The monoisotopic (exact) mass is 316 g/mol. The molecule has 1 atom stereocenters. The predicted molar refractivity (Wildman–Crippen MR) is 86.2 cm³/mol. The number of benzene rings is 1. The van der Waals surface area contributed by atoms with Crippen LogP contribution in [0.3, 0.4) is 0 Å². The number of aromatic nitrogens is 1. The number of fused-ring (bicyclic) bond motifs is 1. The highest BCUT2D eigenvalue weighted by atomic mass is 16.5. The lowest BCUT2D eigenvalue weighted by molar-refractivity contribution is -0.144. The number of ether oxygens (including phenoxy) is 1. The zero-order chi connectivity index (χ0) is 17.0. The Balaban J connectivity index is 2.09. The Morgan fingerprint density at radius 3 is 2.61 bits per heavy atom. The third-order valence-corrected chi connectivity index (χ3v) is 3.68. The first kappa shape index (κ1) is 16.7. The van der Waals surface area contributed by atoms with Crippen LogP contribution in [-0.2, 0) is 20.9 Å². The molecule has 1 aromatic heterocycles. The summed E-state index contributed by atoms with van der Waals surface area (Å²) in [5.74, 6) is -0.739. The summed E-state index contributed by atoms with van der Waals surface area (Å²) in [7, 11) is 1.28. The Kier molecular flexibility index (Phi) is 5.16. The van der Waals surface area contributed by atoms with E-state index in [1.165, 1.54) is 14.0 Å². The molecule has 6 heteroatoms. The fourth-order valence-corrected chi connectivity index (χ4v) is 2.48. The quantitative estimate of drug-likeness (QED) is 0.652. The average Bonchev–Trinajstić information content (AvgIpc) is 2.91. The van der Waals surface area contributed by atoms with Crippen molar-refractivity contribution in [3.05, 3.63) is 36.0 Å². The maximum atomic E-state index is 11.9. The third-order valence-electron chi connectivity index (χ3n) is 3.68. The van der Waals surface area contributed by atoms with E-state index in [0.29, 0.717) is 12.1 Å². The summed E-state index contributed by atoms with van der Waals surface area (Å²) >= 11 is 0. The van der Waals surface area contributed by atoms with Crippen molar-refractivity contribution in [2.45, 2.75) is 32.9 Å². The summed E-state index contributed by atoms with van der Waals surface area (Å²) < 4.78 is 6.45. The van der Waals surface area contributed by atoms with E-state index in [-0.39, 0.29) is 18.1 Å². The zero-order valence-electron chi connectivity index (χ0n) is 13.5. The molecule has 0 aliphatic heterocycles. The van der Waals surface area contributed by atoms with Gasteiger partial charge in [0.1, 0.15) is 6.04 Å². The number of methoxy groups -OCH3 is 1. The Morgan fingerprint density at radius 2 is 1.96 bits per heavy atom.